The fourth-order valence-corrected chi connectivity index (χ4v) is 5.78. The average molecular weight is 381 g/mol. The number of nitrogens with one attached hydrogen (secondary N) is 2. The van der Waals surface area contributed by atoms with E-state index in [1.165, 1.54) is 29.7 Å². The van der Waals surface area contributed by atoms with Crippen LogP contribution in [-0.2, 0) is 22.9 Å². The highest BCUT2D eigenvalue weighted by Gasteiger charge is 2.21. The fraction of sp³-hybridized carbons (Fsp3) is 0.647. The van der Waals surface area contributed by atoms with E-state index in [0.717, 1.165) is 41.7 Å². The van der Waals surface area contributed by atoms with E-state index in [9.17, 15) is 8.42 Å². The van der Waals surface area contributed by atoms with Gasteiger partial charge in [0, 0.05) is 18.0 Å². The lowest BCUT2D eigenvalue weighted by Gasteiger charge is -2.25. The Morgan fingerprint density at radius 3 is 2.80 bits per heavy atom. The predicted octanol–water partition coefficient (Wildman–Crippen LogP) is 2.70. The van der Waals surface area contributed by atoms with Gasteiger partial charge < -0.3 is 5.32 Å². The molecule has 0 bridgehead atoms. The summed E-state index contributed by atoms with van der Waals surface area (Å²) in [6, 6.07) is 0. The summed E-state index contributed by atoms with van der Waals surface area (Å²) in [4.78, 5) is 11.2. The maximum absolute atomic E-state index is 12.1. The van der Waals surface area contributed by atoms with Crippen LogP contribution in [-0.4, -0.2) is 37.2 Å². The Morgan fingerprint density at radius 1 is 1.16 bits per heavy atom. The summed E-state index contributed by atoms with van der Waals surface area (Å²) in [6.45, 7) is 0.939. The summed E-state index contributed by atoms with van der Waals surface area (Å²) in [5, 5.41) is 4.33. The van der Waals surface area contributed by atoms with Crippen molar-refractivity contribution < 1.29 is 8.42 Å². The highest BCUT2D eigenvalue weighted by atomic mass is 32.2. The summed E-state index contributed by atoms with van der Waals surface area (Å²) in [5.74, 6) is 1.37. The van der Waals surface area contributed by atoms with Crippen molar-refractivity contribution in [1.29, 1.82) is 0 Å². The summed E-state index contributed by atoms with van der Waals surface area (Å²) in [6.07, 6.45) is 9.70. The van der Waals surface area contributed by atoms with E-state index in [-0.39, 0.29) is 5.75 Å². The second-order valence-electron chi connectivity index (χ2n) is 7.00. The summed E-state index contributed by atoms with van der Waals surface area (Å²) in [7, 11) is -3.23. The smallest absolute Gasteiger partial charge is 0.213 e. The van der Waals surface area contributed by atoms with Gasteiger partial charge in [-0.25, -0.2) is 23.1 Å². The standard InChI is InChI=1S/C17H24N4O2S2/c22-25(23,21-10-12-4-3-5-12)9-8-18-16-15-13-6-1-2-7-14(13)24-17(15)20-11-19-16/h11-12,21H,1-10H2,(H,18,19,20). The minimum Gasteiger partial charge on any atom is -0.368 e. The molecule has 2 aliphatic carbocycles. The number of aromatic nitrogens is 2. The van der Waals surface area contributed by atoms with E-state index in [1.807, 2.05) is 0 Å². The molecule has 2 N–H and O–H groups in total. The van der Waals surface area contributed by atoms with Crippen LogP contribution in [0.1, 0.15) is 42.5 Å². The first-order chi connectivity index (χ1) is 12.1. The maximum atomic E-state index is 12.1. The molecule has 0 atom stereocenters. The van der Waals surface area contributed by atoms with Crippen LogP contribution in [0.15, 0.2) is 6.33 Å². The van der Waals surface area contributed by atoms with Crippen molar-refractivity contribution in [3.05, 3.63) is 16.8 Å². The summed E-state index contributed by atoms with van der Waals surface area (Å²) >= 11 is 1.75. The Bertz CT molecular complexity index is 859. The number of hydrogen-bond donors (Lipinski definition) is 2. The molecule has 2 aromatic rings. The van der Waals surface area contributed by atoms with Gasteiger partial charge in [0.15, 0.2) is 0 Å². The third kappa shape index (κ3) is 3.80. The predicted molar refractivity (Wildman–Crippen MR) is 102 cm³/mol. The molecule has 1 saturated carbocycles. The lowest BCUT2D eigenvalue weighted by molar-refractivity contribution is 0.316. The van der Waals surface area contributed by atoms with E-state index in [2.05, 4.69) is 20.0 Å². The van der Waals surface area contributed by atoms with Crippen molar-refractivity contribution in [1.82, 2.24) is 14.7 Å². The molecule has 2 heterocycles. The van der Waals surface area contributed by atoms with E-state index in [0.29, 0.717) is 19.0 Å². The Balaban J connectivity index is 1.41. The second-order valence-corrected chi connectivity index (χ2v) is 10.0. The van der Waals surface area contributed by atoms with Gasteiger partial charge in [-0.15, -0.1) is 11.3 Å². The molecule has 6 nitrogen and oxygen atoms in total. The van der Waals surface area contributed by atoms with Crippen molar-refractivity contribution >= 4 is 37.4 Å². The molecule has 0 saturated heterocycles. The molecule has 1 fully saturated rings. The number of sulfonamides is 1. The zero-order valence-electron chi connectivity index (χ0n) is 14.3. The van der Waals surface area contributed by atoms with Crippen molar-refractivity contribution in [3.8, 4) is 0 Å². The number of nitrogens with zero attached hydrogens (tertiary/aromatic N) is 2. The van der Waals surface area contributed by atoms with Gasteiger partial charge in [-0.1, -0.05) is 6.42 Å². The fourth-order valence-electron chi connectivity index (χ4n) is 3.54. The van der Waals surface area contributed by atoms with Crippen LogP contribution in [0.2, 0.25) is 0 Å². The monoisotopic (exact) mass is 380 g/mol. The van der Waals surface area contributed by atoms with E-state index < -0.39 is 10.0 Å². The molecular formula is C17H24N4O2S2. The van der Waals surface area contributed by atoms with Crippen LogP contribution in [0, 0.1) is 5.92 Å². The molecule has 0 amide bonds. The van der Waals surface area contributed by atoms with Crippen LogP contribution >= 0.6 is 11.3 Å². The molecule has 25 heavy (non-hydrogen) atoms. The van der Waals surface area contributed by atoms with Crippen molar-refractivity contribution in [3.63, 3.8) is 0 Å². The van der Waals surface area contributed by atoms with Crippen LogP contribution < -0.4 is 10.0 Å². The number of fused-ring (bicyclic) bond motifs is 3. The highest BCUT2D eigenvalue weighted by Crippen LogP contribution is 2.38. The Hall–Kier alpha value is -1.25. The molecule has 2 aliphatic rings. The molecule has 0 unspecified atom stereocenters. The third-order valence-electron chi connectivity index (χ3n) is 5.23. The van der Waals surface area contributed by atoms with Crippen LogP contribution in [0.3, 0.4) is 0 Å². The first-order valence-corrected chi connectivity index (χ1v) is 11.6. The number of thiophene rings is 1. The van der Waals surface area contributed by atoms with E-state index >= 15 is 0 Å². The third-order valence-corrected chi connectivity index (χ3v) is 7.78. The van der Waals surface area contributed by atoms with Crippen LogP contribution in [0.25, 0.3) is 10.2 Å². The SMILES string of the molecule is O=S(=O)(CCNc1ncnc2sc3c(c12)CCCC3)NCC1CCC1. The van der Waals surface area contributed by atoms with Crippen LogP contribution in [0.4, 0.5) is 5.82 Å². The largest absolute Gasteiger partial charge is 0.368 e. The normalized spacial score (nSPS) is 18.1. The number of aryl methyl sites for hydroxylation is 2. The van der Waals surface area contributed by atoms with Gasteiger partial charge in [0.25, 0.3) is 0 Å². The van der Waals surface area contributed by atoms with Gasteiger partial charge in [-0.05, 0) is 50.0 Å². The topological polar surface area (TPSA) is 84.0 Å². The van der Waals surface area contributed by atoms with Crippen molar-refractivity contribution in [2.75, 3.05) is 24.2 Å². The van der Waals surface area contributed by atoms with Gasteiger partial charge in [-0.2, -0.15) is 0 Å². The molecular weight excluding hydrogens is 356 g/mol. The average Bonchev–Trinajstić information content (AvgIpc) is 2.92. The van der Waals surface area contributed by atoms with E-state index in [1.54, 1.807) is 17.7 Å². The van der Waals surface area contributed by atoms with Crippen LogP contribution in [0.5, 0.6) is 0 Å². The number of anilines is 1. The first-order valence-electron chi connectivity index (χ1n) is 9.09. The van der Waals surface area contributed by atoms with Gasteiger partial charge in [0.05, 0.1) is 11.1 Å². The van der Waals surface area contributed by atoms with Crippen molar-refractivity contribution in [2.24, 2.45) is 5.92 Å². The molecule has 0 aromatic carbocycles. The summed E-state index contributed by atoms with van der Waals surface area (Å²) < 4.78 is 27.0. The molecule has 4 rings (SSSR count). The quantitative estimate of drug-likeness (QED) is 0.771. The van der Waals surface area contributed by atoms with Gasteiger partial charge in [0.1, 0.15) is 17.0 Å². The first kappa shape index (κ1) is 17.2. The molecule has 0 radical (unpaired) electrons. The van der Waals surface area contributed by atoms with Gasteiger partial charge >= 0.3 is 0 Å². The minimum atomic E-state index is -3.23. The molecule has 0 spiro atoms. The highest BCUT2D eigenvalue weighted by molar-refractivity contribution is 7.89. The number of hydrogen-bond acceptors (Lipinski definition) is 6. The summed E-state index contributed by atoms with van der Waals surface area (Å²) in [5.41, 5.74) is 1.36. The Morgan fingerprint density at radius 2 is 2.00 bits per heavy atom. The molecule has 136 valence electrons. The number of rotatable bonds is 7. The molecule has 0 aliphatic heterocycles. The lowest BCUT2D eigenvalue weighted by atomic mass is 9.86. The van der Waals surface area contributed by atoms with E-state index in [4.69, 9.17) is 0 Å². The molecule has 2 aromatic heterocycles. The minimum absolute atomic E-state index is 0.0670. The second kappa shape index (κ2) is 7.17. The van der Waals surface area contributed by atoms with Gasteiger partial charge in [0.2, 0.25) is 10.0 Å². The maximum Gasteiger partial charge on any atom is 0.213 e. The lowest BCUT2D eigenvalue weighted by Crippen LogP contribution is -2.35. The van der Waals surface area contributed by atoms with Gasteiger partial charge in [-0.3, -0.25) is 0 Å². The zero-order chi connectivity index (χ0) is 17.3. The zero-order valence-corrected chi connectivity index (χ0v) is 15.9. The Kier molecular flexibility index (Phi) is 4.92. The molecule has 8 heteroatoms. The Labute approximate surface area is 152 Å². The van der Waals surface area contributed by atoms with Crippen molar-refractivity contribution in [2.45, 2.75) is 44.9 Å².